The quantitative estimate of drug-likeness (QED) is 0.399. The van der Waals surface area contributed by atoms with E-state index in [9.17, 15) is 31.1 Å². The summed E-state index contributed by atoms with van der Waals surface area (Å²) in [5, 5.41) is 0.350. The Kier molecular flexibility index (Phi) is 5.58. The molecule has 12 heteroatoms. The maximum atomic E-state index is 13.5. The zero-order valence-electron chi connectivity index (χ0n) is 17.8. The minimum Gasteiger partial charge on any atom is -0.343 e. The fourth-order valence-corrected chi connectivity index (χ4v) is 5.30. The number of hydrogen-bond acceptors (Lipinski definition) is 4. The van der Waals surface area contributed by atoms with E-state index in [-0.39, 0.29) is 23.9 Å². The van der Waals surface area contributed by atoms with Gasteiger partial charge in [-0.15, -0.1) is 0 Å². The number of aromatic nitrogens is 3. The number of pyridine rings is 1. The third kappa shape index (κ3) is 4.26. The van der Waals surface area contributed by atoms with Crippen LogP contribution in [0.3, 0.4) is 0 Å². The van der Waals surface area contributed by atoms with Crippen LogP contribution in [-0.4, -0.2) is 20.6 Å². The van der Waals surface area contributed by atoms with Crippen LogP contribution in [0, 0.1) is 5.92 Å². The van der Waals surface area contributed by atoms with Crippen LogP contribution >= 0.6 is 11.6 Å². The molecule has 0 amide bonds. The van der Waals surface area contributed by atoms with Crippen LogP contribution in [0.5, 0.6) is 0 Å². The van der Waals surface area contributed by atoms with Crippen LogP contribution in [0.2, 0.25) is 5.02 Å². The van der Waals surface area contributed by atoms with Crippen LogP contribution in [0.25, 0.3) is 5.69 Å². The lowest BCUT2D eigenvalue weighted by atomic mass is 9.97. The summed E-state index contributed by atoms with van der Waals surface area (Å²) in [7, 11) is 0. The van der Waals surface area contributed by atoms with Crippen molar-refractivity contribution >= 4 is 17.4 Å². The van der Waals surface area contributed by atoms with E-state index in [1.807, 2.05) is 0 Å². The third-order valence-corrected chi connectivity index (χ3v) is 6.72. The van der Waals surface area contributed by atoms with Gasteiger partial charge in [-0.3, -0.25) is 9.36 Å². The van der Waals surface area contributed by atoms with E-state index in [0.717, 1.165) is 0 Å². The molecule has 5 nitrogen and oxygen atoms in total. The van der Waals surface area contributed by atoms with Gasteiger partial charge in [-0.05, 0) is 55.5 Å². The number of rotatable bonds is 3. The van der Waals surface area contributed by atoms with Crippen molar-refractivity contribution in [3.63, 3.8) is 0 Å². The van der Waals surface area contributed by atoms with E-state index in [1.165, 1.54) is 27.8 Å². The molecule has 0 spiro atoms. The number of piperidine rings is 1. The molecule has 1 aliphatic heterocycles. The van der Waals surface area contributed by atoms with E-state index in [4.69, 9.17) is 11.6 Å². The Morgan fingerprint density at radius 3 is 2.43 bits per heavy atom. The Morgan fingerprint density at radius 1 is 0.971 bits per heavy atom. The Bertz CT molecular complexity index is 1310. The molecule has 184 valence electrons. The SMILES string of the molecule is O=c1ccnc([C@@H]2[C@H]3CC[C@H](C3)N2c2cc(C(F)(F)F)cc(C(F)(F)F)n2)n1-c1cccc(Cl)c1. The van der Waals surface area contributed by atoms with E-state index in [2.05, 4.69) is 9.97 Å². The molecule has 3 aromatic rings. The number of alkyl halides is 6. The molecule has 5 rings (SSSR count). The monoisotopic (exact) mass is 514 g/mol. The molecule has 35 heavy (non-hydrogen) atoms. The molecule has 1 saturated carbocycles. The summed E-state index contributed by atoms with van der Waals surface area (Å²) in [4.78, 5) is 22.3. The first kappa shape index (κ1) is 23.7. The molecular weight excluding hydrogens is 498 g/mol. The Balaban J connectivity index is 1.70. The molecule has 1 aliphatic carbocycles. The van der Waals surface area contributed by atoms with E-state index in [0.29, 0.717) is 36.0 Å². The average molecular weight is 515 g/mol. The Labute approximate surface area is 200 Å². The van der Waals surface area contributed by atoms with Gasteiger partial charge in [-0.2, -0.15) is 26.3 Å². The van der Waals surface area contributed by atoms with Crippen LogP contribution in [0.15, 0.2) is 53.5 Å². The number of anilines is 1. The van der Waals surface area contributed by atoms with Crippen LogP contribution in [0.4, 0.5) is 32.2 Å². The standard InChI is InChI=1S/C23H17ClF6N4O/c24-14-2-1-3-15(11-14)34-19(35)6-7-31-21(34)20-12-4-5-16(8-12)33(20)18-10-13(22(25,26)27)9-17(32-18)23(28,29)30/h1-3,6-7,9-12,16,20H,4-5,8H2/t12-,16+,20-/m0/s1. The van der Waals surface area contributed by atoms with Gasteiger partial charge in [0.05, 0.1) is 17.3 Å². The second-order valence-corrected chi connectivity index (χ2v) is 9.07. The molecule has 2 bridgehead atoms. The molecule has 2 fully saturated rings. The van der Waals surface area contributed by atoms with Crippen molar-refractivity contribution in [2.75, 3.05) is 4.90 Å². The predicted molar refractivity (Wildman–Crippen MR) is 115 cm³/mol. The topological polar surface area (TPSA) is 51.0 Å². The molecule has 1 aromatic carbocycles. The lowest BCUT2D eigenvalue weighted by Crippen LogP contribution is -2.39. The lowest BCUT2D eigenvalue weighted by Gasteiger charge is -2.37. The molecule has 3 heterocycles. The van der Waals surface area contributed by atoms with Crippen molar-refractivity contribution in [1.29, 1.82) is 0 Å². The summed E-state index contributed by atoms with van der Waals surface area (Å²) in [6, 6.07) is 7.18. The van der Waals surface area contributed by atoms with E-state index < -0.39 is 41.0 Å². The van der Waals surface area contributed by atoms with Gasteiger partial charge in [-0.25, -0.2) is 9.97 Å². The van der Waals surface area contributed by atoms with E-state index in [1.54, 1.807) is 18.2 Å². The largest absolute Gasteiger partial charge is 0.433 e. The second-order valence-electron chi connectivity index (χ2n) is 8.63. The van der Waals surface area contributed by atoms with Gasteiger partial charge < -0.3 is 4.90 Å². The molecular formula is C23H17ClF6N4O. The third-order valence-electron chi connectivity index (χ3n) is 6.48. The fourth-order valence-electron chi connectivity index (χ4n) is 5.11. The summed E-state index contributed by atoms with van der Waals surface area (Å²) < 4.78 is 82.3. The van der Waals surface area contributed by atoms with E-state index >= 15 is 0 Å². The molecule has 1 saturated heterocycles. The highest BCUT2D eigenvalue weighted by Crippen LogP contribution is 2.52. The first-order valence-electron chi connectivity index (χ1n) is 10.7. The summed E-state index contributed by atoms with van der Waals surface area (Å²) in [5.74, 6) is -0.370. The summed E-state index contributed by atoms with van der Waals surface area (Å²) >= 11 is 6.10. The molecule has 0 radical (unpaired) electrons. The molecule has 0 unspecified atom stereocenters. The maximum absolute atomic E-state index is 13.5. The number of fused-ring (bicyclic) bond motifs is 2. The highest BCUT2D eigenvalue weighted by atomic mass is 35.5. The Morgan fingerprint density at radius 2 is 1.74 bits per heavy atom. The van der Waals surface area contributed by atoms with Crippen molar-refractivity contribution in [3.8, 4) is 5.69 Å². The number of hydrogen-bond donors (Lipinski definition) is 0. The second kappa shape index (κ2) is 8.25. The summed E-state index contributed by atoms with van der Waals surface area (Å²) in [5.41, 5.74) is -3.13. The van der Waals surface area contributed by atoms with Gasteiger partial charge in [0.2, 0.25) is 0 Å². The van der Waals surface area contributed by atoms with Gasteiger partial charge in [0.25, 0.3) is 5.56 Å². The van der Waals surface area contributed by atoms with Gasteiger partial charge in [0.15, 0.2) is 0 Å². The van der Waals surface area contributed by atoms with Gasteiger partial charge in [0.1, 0.15) is 17.3 Å². The average Bonchev–Trinajstić information content (AvgIpc) is 3.39. The van der Waals surface area contributed by atoms with Gasteiger partial charge in [-0.1, -0.05) is 17.7 Å². The fraction of sp³-hybridized carbons (Fsp3) is 0.348. The van der Waals surface area contributed by atoms with Crippen LogP contribution in [-0.2, 0) is 12.4 Å². The number of benzene rings is 1. The maximum Gasteiger partial charge on any atom is 0.433 e. The number of halogens is 7. The highest BCUT2D eigenvalue weighted by molar-refractivity contribution is 6.30. The molecule has 0 N–H and O–H groups in total. The minimum absolute atomic E-state index is 0.00942. The lowest BCUT2D eigenvalue weighted by molar-refractivity contribution is -0.145. The highest BCUT2D eigenvalue weighted by Gasteiger charge is 2.50. The van der Waals surface area contributed by atoms with Crippen molar-refractivity contribution in [2.45, 2.75) is 43.7 Å². The first-order valence-corrected chi connectivity index (χ1v) is 11.1. The van der Waals surface area contributed by atoms with Crippen molar-refractivity contribution in [3.05, 3.63) is 81.1 Å². The molecule has 2 aliphatic rings. The smallest absolute Gasteiger partial charge is 0.343 e. The first-order chi connectivity index (χ1) is 16.4. The van der Waals surface area contributed by atoms with Crippen molar-refractivity contribution in [2.24, 2.45) is 5.92 Å². The zero-order valence-corrected chi connectivity index (χ0v) is 18.6. The van der Waals surface area contributed by atoms with Crippen LogP contribution < -0.4 is 10.5 Å². The number of nitrogens with zero attached hydrogens (tertiary/aromatic N) is 4. The normalized spacial score (nSPS) is 22.1. The summed E-state index contributed by atoms with van der Waals surface area (Å²) in [6.45, 7) is 0. The molecule has 2 aromatic heterocycles. The van der Waals surface area contributed by atoms with Crippen molar-refractivity contribution < 1.29 is 26.3 Å². The zero-order chi connectivity index (χ0) is 25.1. The van der Waals surface area contributed by atoms with Gasteiger partial charge >= 0.3 is 12.4 Å². The minimum atomic E-state index is -5.07. The molecule has 3 atom stereocenters. The van der Waals surface area contributed by atoms with Gasteiger partial charge in [0, 0.05) is 23.3 Å². The Hall–Kier alpha value is -3.08. The predicted octanol–water partition coefficient (Wildman–Crippen LogP) is 6.05. The summed E-state index contributed by atoms with van der Waals surface area (Å²) in [6.07, 6.45) is -6.99. The van der Waals surface area contributed by atoms with Crippen LogP contribution in [0.1, 0.15) is 42.4 Å². The van der Waals surface area contributed by atoms with Crippen molar-refractivity contribution in [1.82, 2.24) is 14.5 Å².